The molecule has 0 heterocycles. The molecule has 154 valence electrons. The lowest BCUT2D eigenvalue weighted by Crippen LogP contribution is -2.38. The summed E-state index contributed by atoms with van der Waals surface area (Å²) in [5.74, 6) is 0.231. The van der Waals surface area contributed by atoms with Crippen LogP contribution in [0.2, 0.25) is 0 Å². The normalized spacial score (nSPS) is 17.9. The Bertz CT molecular complexity index is 799. The zero-order valence-corrected chi connectivity index (χ0v) is 16.9. The van der Waals surface area contributed by atoms with Crippen LogP contribution in [0.5, 0.6) is 0 Å². The molecular weight excluding hydrogens is 378 g/mol. The average molecular weight is 408 g/mol. The lowest BCUT2D eigenvalue weighted by molar-refractivity contribution is -0.125. The van der Waals surface area contributed by atoms with Gasteiger partial charge < -0.3 is 10.6 Å². The summed E-state index contributed by atoms with van der Waals surface area (Å²) in [5.41, 5.74) is 0.285. The van der Waals surface area contributed by atoms with Gasteiger partial charge in [0, 0.05) is 31.1 Å². The maximum absolute atomic E-state index is 12.3. The van der Waals surface area contributed by atoms with E-state index in [9.17, 15) is 18.0 Å². The fourth-order valence-electron chi connectivity index (χ4n) is 3.41. The van der Waals surface area contributed by atoms with E-state index in [-0.39, 0.29) is 28.2 Å². The Labute approximate surface area is 166 Å². The molecule has 2 amide bonds. The first-order valence-electron chi connectivity index (χ1n) is 10.1. The van der Waals surface area contributed by atoms with Gasteiger partial charge in [0.2, 0.25) is 15.9 Å². The summed E-state index contributed by atoms with van der Waals surface area (Å²) in [7, 11) is -3.61. The van der Waals surface area contributed by atoms with Gasteiger partial charge in [-0.2, -0.15) is 0 Å². The number of carbonyl (C=O) groups is 2. The Hall–Kier alpha value is -1.93. The highest BCUT2D eigenvalue weighted by Crippen LogP contribution is 2.28. The van der Waals surface area contributed by atoms with E-state index in [0.717, 1.165) is 38.5 Å². The van der Waals surface area contributed by atoms with E-state index in [0.29, 0.717) is 25.6 Å². The van der Waals surface area contributed by atoms with Crippen LogP contribution < -0.4 is 15.4 Å². The lowest BCUT2D eigenvalue weighted by atomic mass is 9.89. The monoisotopic (exact) mass is 407 g/mol. The fourth-order valence-corrected chi connectivity index (χ4v) is 4.57. The van der Waals surface area contributed by atoms with Crippen LogP contribution in [-0.2, 0) is 14.8 Å². The van der Waals surface area contributed by atoms with E-state index in [1.807, 2.05) is 0 Å². The zero-order valence-electron chi connectivity index (χ0n) is 16.1. The van der Waals surface area contributed by atoms with Crippen LogP contribution in [-0.4, -0.2) is 39.9 Å². The van der Waals surface area contributed by atoms with Crippen molar-refractivity contribution in [1.29, 1.82) is 0 Å². The van der Waals surface area contributed by atoms with Crippen LogP contribution in [0.15, 0.2) is 29.2 Å². The standard InChI is InChI=1S/C20H29N3O4S/c24-19(16-5-2-1-3-6-16)21-11-12-22-20(25)17-7-4-8-18(13-17)28(26,27)23-14-15-9-10-15/h4,7-8,13,15-16,23H,1-3,5-6,9-12,14H2,(H,21,24)(H,22,25). The minimum Gasteiger partial charge on any atom is -0.354 e. The molecule has 0 unspecified atom stereocenters. The summed E-state index contributed by atoms with van der Waals surface area (Å²) in [4.78, 5) is 24.5. The molecule has 2 fully saturated rings. The molecule has 3 N–H and O–H groups in total. The van der Waals surface area contributed by atoms with Crippen molar-refractivity contribution in [1.82, 2.24) is 15.4 Å². The van der Waals surface area contributed by atoms with Gasteiger partial charge in [-0.3, -0.25) is 9.59 Å². The first-order chi connectivity index (χ1) is 13.5. The molecular formula is C20H29N3O4S. The van der Waals surface area contributed by atoms with Crippen LogP contribution in [0.3, 0.4) is 0 Å². The van der Waals surface area contributed by atoms with Gasteiger partial charge in [-0.25, -0.2) is 13.1 Å². The molecule has 7 nitrogen and oxygen atoms in total. The highest BCUT2D eigenvalue weighted by molar-refractivity contribution is 7.89. The van der Waals surface area contributed by atoms with Crippen molar-refractivity contribution < 1.29 is 18.0 Å². The van der Waals surface area contributed by atoms with Crippen LogP contribution in [0.25, 0.3) is 0 Å². The van der Waals surface area contributed by atoms with Crippen LogP contribution >= 0.6 is 0 Å². The largest absolute Gasteiger partial charge is 0.354 e. The Kier molecular flexibility index (Phi) is 7.07. The molecule has 0 atom stereocenters. The highest BCUT2D eigenvalue weighted by Gasteiger charge is 2.24. The predicted octanol–water partition coefficient (Wildman–Crippen LogP) is 1.80. The van der Waals surface area contributed by atoms with Gasteiger partial charge in [0.1, 0.15) is 0 Å². The average Bonchev–Trinajstić information content (AvgIpc) is 3.55. The van der Waals surface area contributed by atoms with Crippen LogP contribution in [0.1, 0.15) is 55.3 Å². The smallest absolute Gasteiger partial charge is 0.251 e. The Balaban J connectivity index is 1.45. The number of sulfonamides is 1. The van der Waals surface area contributed by atoms with Crippen molar-refractivity contribution in [3.8, 4) is 0 Å². The minimum atomic E-state index is -3.61. The maximum atomic E-state index is 12.3. The minimum absolute atomic E-state index is 0.0591. The third kappa shape index (κ3) is 6.04. The second-order valence-electron chi connectivity index (χ2n) is 7.70. The van der Waals surface area contributed by atoms with Crippen molar-refractivity contribution in [2.45, 2.75) is 49.8 Å². The number of hydrogen-bond donors (Lipinski definition) is 3. The van der Waals surface area contributed by atoms with Crippen molar-refractivity contribution >= 4 is 21.8 Å². The molecule has 0 bridgehead atoms. The summed E-state index contributed by atoms with van der Waals surface area (Å²) in [6.07, 6.45) is 7.39. The topological polar surface area (TPSA) is 104 Å². The van der Waals surface area contributed by atoms with Gasteiger partial charge >= 0.3 is 0 Å². The second kappa shape index (κ2) is 9.52. The summed E-state index contributed by atoms with van der Waals surface area (Å²) >= 11 is 0. The Morgan fingerprint density at radius 3 is 2.39 bits per heavy atom. The number of carbonyl (C=O) groups excluding carboxylic acids is 2. The molecule has 28 heavy (non-hydrogen) atoms. The molecule has 0 aromatic heterocycles. The number of benzene rings is 1. The molecule has 0 spiro atoms. The van der Waals surface area contributed by atoms with Crippen molar-refractivity contribution in [2.24, 2.45) is 11.8 Å². The maximum Gasteiger partial charge on any atom is 0.251 e. The van der Waals surface area contributed by atoms with Gasteiger partial charge in [0.15, 0.2) is 0 Å². The van der Waals surface area contributed by atoms with Crippen molar-refractivity contribution in [2.75, 3.05) is 19.6 Å². The quantitative estimate of drug-likeness (QED) is 0.543. The number of rotatable bonds is 9. The first kappa shape index (κ1) is 20.8. The third-order valence-corrected chi connectivity index (χ3v) is 6.77. The van der Waals surface area contributed by atoms with Gasteiger partial charge in [0.05, 0.1) is 4.90 Å². The molecule has 3 rings (SSSR count). The van der Waals surface area contributed by atoms with Crippen LogP contribution in [0, 0.1) is 11.8 Å². The van der Waals surface area contributed by atoms with Gasteiger partial charge in [-0.05, 0) is 49.8 Å². The summed E-state index contributed by atoms with van der Waals surface area (Å²) in [6.45, 7) is 1.11. The number of nitrogens with one attached hydrogen (secondary N) is 3. The SMILES string of the molecule is O=C(NCCNC(=O)C1CCCCC1)c1cccc(S(=O)(=O)NCC2CC2)c1. The first-order valence-corrected chi connectivity index (χ1v) is 11.6. The van der Waals surface area contributed by atoms with Crippen LogP contribution in [0.4, 0.5) is 0 Å². The molecule has 8 heteroatoms. The summed E-state index contributed by atoms with van der Waals surface area (Å²) < 4.78 is 27.3. The lowest BCUT2D eigenvalue weighted by Gasteiger charge is -2.20. The molecule has 2 aliphatic carbocycles. The van der Waals surface area contributed by atoms with E-state index in [2.05, 4.69) is 15.4 Å². The number of amides is 2. The van der Waals surface area contributed by atoms with Gasteiger partial charge in [0.25, 0.3) is 5.91 Å². The molecule has 0 aliphatic heterocycles. The van der Waals surface area contributed by atoms with Crippen molar-refractivity contribution in [3.63, 3.8) is 0 Å². The molecule has 0 saturated heterocycles. The van der Waals surface area contributed by atoms with E-state index in [1.165, 1.54) is 18.6 Å². The molecule has 1 aromatic carbocycles. The molecule has 1 aromatic rings. The van der Waals surface area contributed by atoms with Gasteiger partial charge in [-0.15, -0.1) is 0 Å². The van der Waals surface area contributed by atoms with E-state index < -0.39 is 10.0 Å². The van der Waals surface area contributed by atoms with Crippen molar-refractivity contribution in [3.05, 3.63) is 29.8 Å². The Morgan fingerprint density at radius 2 is 1.68 bits per heavy atom. The Morgan fingerprint density at radius 1 is 0.964 bits per heavy atom. The number of hydrogen-bond acceptors (Lipinski definition) is 4. The zero-order chi connectivity index (χ0) is 20.0. The second-order valence-corrected chi connectivity index (χ2v) is 9.47. The van der Waals surface area contributed by atoms with E-state index in [1.54, 1.807) is 12.1 Å². The fraction of sp³-hybridized carbons (Fsp3) is 0.600. The highest BCUT2D eigenvalue weighted by atomic mass is 32.2. The van der Waals surface area contributed by atoms with E-state index in [4.69, 9.17) is 0 Å². The van der Waals surface area contributed by atoms with E-state index >= 15 is 0 Å². The molecule has 2 saturated carbocycles. The third-order valence-electron chi connectivity index (χ3n) is 5.35. The summed E-state index contributed by atoms with van der Waals surface area (Å²) in [6, 6.07) is 6.00. The van der Waals surface area contributed by atoms with Gasteiger partial charge in [-0.1, -0.05) is 25.3 Å². The molecule has 2 aliphatic rings. The molecule has 0 radical (unpaired) electrons. The summed E-state index contributed by atoms with van der Waals surface area (Å²) in [5, 5.41) is 5.60. The predicted molar refractivity (Wildman–Crippen MR) is 106 cm³/mol.